The Kier molecular flexibility index (Phi) is 12.3. The first-order valence-corrected chi connectivity index (χ1v) is 11.0. The molecule has 1 aromatic rings. The van der Waals surface area contributed by atoms with Crippen LogP contribution in [0.25, 0.3) is 0 Å². The lowest BCUT2D eigenvalue weighted by molar-refractivity contribution is 0.0381. The van der Waals surface area contributed by atoms with E-state index in [1.54, 1.807) is 24.3 Å². The average molecular weight is 391 g/mol. The number of benzene rings is 1. The zero-order chi connectivity index (χ0) is 20.8. The predicted molar refractivity (Wildman–Crippen MR) is 114 cm³/mol. The van der Waals surface area contributed by atoms with E-state index in [-0.39, 0.29) is 0 Å². The molecule has 0 aliphatic rings. The number of rotatable bonds is 14. The van der Waals surface area contributed by atoms with Crippen molar-refractivity contribution in [3.8, 4) is 0 Å². The van der Waals surface area contributed by atoms with Crippen LogP contribution < -0.4 is 0 Å². The minimum atomic E-state index is -0.444. The van der Waals surface area contributed by atoms with Crippen molar-refractivity contribution in [3.63, 3.8) is 0 Å². The molecule has 0 heterocycles. The van der Waals surface area contributed by atoms with Crippen LogP contribution in [-0.2, 0) is 9.47 Å². The summed E-state index contributed by atoms with van der Waals surface area (Å²) < 4.78 is 11.0. The molecule has 2 atom stereocenters. The van der Waals surface area contributed by atoms with E-state index in [9.17, 15) is 9.59 Å². The molecule has 0 unspecified atom stereocenters. The Morgan fingerprint density at radius 2 is 1.14 bits per heavy atom. The SMILES string of the molecule is CCCC[C@H](CC)COC(=O)c1ccccc1C(=O)OC[C@@H](CC)CCCC. The maximum Gasteiger partial charge on any atom is 0.339 e. The average Bonchev–Trinajstić information content (AvgIpc) is 2.73. The van der Waals surface area contributed by atoms with Crippen LogP contribution in [-0.4, -0.2) is 25.2 Å². The number of unbranched alkanes of at least 4 members (excludes halogenated alkanes) is 2. The molecule has 0 spiro atoms. The lowest BCUT2D eigenvalue weighted by atomic mass is 10.0. The van der Waals surface area contributed by atoms with Crippen LogP contribution in [0.2, 0.25) is 0 Å². The van der Waals surface area contributed by atoms with Crippen LogP contribution in [0, 0.1) is 11.8 Å². The third-order valence-corrected chi connectivity index (χ3v) is 5.35. The summed E-state index contributed by atoms with van der Waals surface area (Å²) >= 11 is 0. The molecular weight excluding hydrogens is 352 g/mol. The van der Waals surface area contributed by atoms with Gasteiger partial charge in [-0.15, -0.1) is 0 Å². The van der Waals surface area contributed by atoms with Gasteiger partial charge in [0.15, 0.2) is 0 Å². The number of carbonyl (C=O) groups excluding carboxylic acids is 2. The van der Waals surface area contributed by atoms with Crippen LogP contribution in [0.4, 0.5) is 0 Å². The molecular formula is C24H38O4. The van der Waals surface area contributed by atoms with E-state index in [2.05, 4.69) is 27.7 Å². The number of carbonyl (C=O) groups is 2. The molecule has 158 valence electrons. The van der Waals surface area contributed by atoms with Gasteiger partial charge in [0.25, 0.3) is 0 Å². The maximum atomic E-state index is 12.6. The summed E-state index contributed by atoms with van der Waals surface area (Å²) in [6.07, 6.45) is 8.61. The Bertz CT molecular complexity index is 531. The van der Waals surface area contributed by atoms with Crippen LogP contribution in [0.3, 0.4) is 0 Å². The summed E-state index contributed by atoms with van der Waals surface area (Å²) in [6, 6.07) is 6.77. The Balaban J connectivity index is 2.69. The molecule has 0 saturated heterocycles. The second kappa shape index (κ2) is 14.2. The minimum absolute atomic E-state index is 0.291. The van der Waals surface area contributed by atoms with E-state index in [4.69, 9.17) is 9.47 Å². The fourth-order valence-corrected chi connectivity index (χ4v) is 3.18. The van der Waals surface area contributed by atoms with Crippen LogP contribution in [0.5, 0.6) is 0 Å². The van der Waals surface area contributed by atoms with E-state index in [1.165, 1.54) is 0 Å². The smallest absolute Gasteiger partial charge is 0.339 e. The third-order valence-electron chi connectivity index (χ3n) is 5.35. The van der Waals surface area contributed by atoms with Crippen molar-refractivity contribution in [2.75, 3.05) is 13.2 Å². The highest BCUT2D eigenvalue weighted by molar-refractivity contribution is 6.03. The van der Waals surface area contributed by atoms with Crippen molar-refractivity contribution < 1.29 is 19.1 Å². The highest BCUT2D eigenvalue weighted by Gasteiger charge is 2.21. The summed E-state index contributed by atoms with van der Waals surface area (Å²) in [4.78, 5) is 25.1. The first-order chi connectivity index (χ1) is 13.6. The number of hydrogen-bond acceptors (Lipinski definition) is 4. The van der Waals surface area contributed by atoms with Gasteiger partial charge in [-0.2, -0.15) is 0 Å². The standard InChI is InChI=1S/C24H38O4/c1-5-9-13-19(7-3)17-27-23(25)21-15-11-12-16-22(21)24(26)28-18-20(8-4)14-10-6-2/h11-12,15-16,19-20H,5-10,13-14,17-18H2,1-4H3/t19-,20-/m0/s1. The Morgan fingerprint density at radius 3 is 1.46 bits per heavy atom. The molecule has 0 amide bonds. The first-order valence-electron chi connectivity index (χ1n) is 11.0. The van der Waals surface area contributed by atoms with Crippen molar-refractivity contribution in [1.82, 2.24) is 0 Å². The predicted octanol–water partition coefficient (Wildman–Crippen LogP) is 6.43. The minimum Gasteiger partial charge on any atom is -0.462 e. The van der Waals surface area contributed by atoms with Crippen molar-refractivity contribution >= 4 is 11.9 Å². The van der Waals surface area contributed by atoms with E-state index >= 15 is 0 Å². The zero-order valence-corrected chi connectivity index (χ0v) is 18.2. The highest BCUT2D eigenvalue weighted by atomic mass is 16.5. The Morgan fingerprint density at radius 1 is 0.750 bits per heavy atom. The van der Waals surface area contributed by atoms with Gasteiger partial charge in [0.05, 0.1) is 24.3 Å². The molecule has 0 aromatic heterocycles. The third kappa shape index (κ3) is 8.45. The first kappa shape index (κ1) is 24.2. The number of hydrogen-bond donors (Lipinski definition) is 0. The maximum absolute atomic E-state index is 12.6. The molecule has 0 N–H and O–H groups in total. The summed E-state index contributed by atoms with van der Waals surface area (Å²) in [5.41, 5.74) is 0.582. The fourth-order valence-electron chi connectivity index (χ4n) is 3.18. The summed E-state index contributed by atoms with van der Waals surface area (Å²) in [7, 11) is 0. The van der Waals surface area contributed by atoms with Gasteiger partial charge in [-0.3, -0.25) is 0 Å². The lowest BCUT2D eigenvalue weighted by Gasteiger charge is -2.17. The molecule has 0 bridgehead atoms. The van der Waals surface area contributed by atoms with E-state index in [0.717, 1.165) is 51.4 Å². The van der Waals surface area contributed by atoms with Gasteiger partial charge in [0.2, 0.25) is 0 Å². The van der Waals surface area contributed by atoms with Gasteiger partial charge < -0.3 is 9.47 Å². The Hall–Kier alpha value is -1.84. The molecule has 28 heavy (non-hydrogen) atoms. The quantitative estimate of drug-likeness (QED) is 0.343. The van der Waals surface area contributed by atoms with Crippen molar-refractivity contribution in [1.29, 1.82) is 0 Å². The fraction of sp³-hybridized carbons (Fsp3) is 0.667. The summed E-state index contributed by atoms with van der Waals surface area (Å²) in [5, 5.41) is 0. The monoisotopic (exact) mass is 390 g/mol. The van der Waals surface area contributed by atoms with Gasteiger partial charge in [0, 0.05) is 0 Å². The zero-order valence-electron chi connectivity index (χ0n) is 18.2. The van der Waals surface area contributed by atoms with Crippen LogP contribution in [0.15, 0.2) is 24.3 Å². The number of ether oxygens (including phenoxy) is 2. The van der Waals surface area contributed by atoms with Crippen molar-refractivity contribution in [2.45, 2.75) is 79.1 Å². The molecule has 4 heteroatoms. The lowest BCUT2D eigenvalue weighted by Crippen LogP contribution is -2.19. The van der Waals surface area contributed by atoms with E-state index in [1.807, 2.05) is 0 Å². The normalized spacial score (nSPS) is 13.0. The van der Waals surface area contributed by atoms with Gasteiger partial charge in [-0.25, -0.2) is 9.59 Å². The molecule has 1 aromatic carbocycles. The molecule has 4 nitrogen and oxygen atoms in total. The molecule has 0 saturated carbocycles. The topological polar surface area (TPSA) is 52.6 Å². The second-order valence-corrected chi connectivity index (χ2v) is 7.58. The van der Waals surface area contributed by atoms with Gasteiger partial charge >= 0.3 is 11.9 Å². The summed E-state index contributed by atoms with van der Waals surface area (Å²) in [6.45, 7) is 9.34. The number of esters is 2. The molecule has 1 rings (SSSR count). The van der Waals surface area contributed by atoms with E-state index < -0.39 is 11.9 Å². The second-order valence-electron chi connectivity index (χ2n) is 7.58. The van der Waals surface area contributed by atoms with Crippen LogP contribution >= 0.6 is 0 Å². The van der Waals surface area contributed by atoms with E-state index in [0.29, 0.717) is 36.2 Å². The molecule has 0 aliphatic carbocycles. The van der Waals surface area contributed by atoms with Crippen molar-refractivity contribution in [2.24, 2.45) is 11.8 Å². The molecule has 0 aliphatic heterocycles. The van der Waals surface area contributed by atoms with Crippen molar-refractivity contribution in [3.05, 3.63) is 35.4 Å². The molecule has 0 radical (unpaired) electrons. The highest BCUT2D eigenvalue weighted by Crippen LogP contribution is 2.18. The van der Waals surface area contributed by atoms with Gasteiger partial charge in [-0.1, -0.05) is 78.4 Å². The summed E-state index contributed by atoms with van der Waals surface area (Å²) in [5.74, 6) is -0.153. The largest absolute Gasteiger partial charge is 0.462 e. The Labute approximate surface area is 171 Å². The van der Waals surface area contributed by atoms with Gasteiger partial charge in [0.1, 0.15) is 0 Å². The molecule has 0 fully saturated rings. The van der Waals surface area contributed by atoms with Crippen LogP contribution in [0.1, 0.15) is 99.8 Å². The van der Waals surface area contributed by atoms with Gasteiger partial charge in [-0.05, 0) is 36.8 Å².